The molecule has 3 aromatic rings. The third-order valence-corrected chi connectivity index (χ3v) is 9.15. The third kappa shape index (κ3) is 7.20. The summed E-state index contributed by atoms with van der Waals surface area (Å²) in [6.45, 7) is 9.77. The van der Waals surface area contributed by atoms with Crippen molar-refractivity contribution < 1.29 is 23.4 Å². The monoisotopic (exact) mass is 571 g/mol. The molecule has 1 unspecified atom stereocenters. The molecule has 1 aliphatic heterocycles. The zero-order valence-electron chi connectivity index (χ0n) is 23.8. The summed E-state index contributed by atoms with van der Waals surface area (Å²) < 4.78 is 37.8. The zero-order valence-corrected chi connectivity index (χ0v) is 24.6. The van der Waals surface area contributed by atoms with Gasteiger partial charge >= 0.3 is 5.97 Å². The van der Waals surface area contributed by atoms with E-state index in [1.807, 2.05) is 43.8 Å². The summed E-state index contributed by atoms with van der Waals surface area (Å²) in [5, 5.41) is 8.50. The first-order chi connectivity index (χ1) is 19.2. The number of hydrogen-bond donors (Lipinski definition) is 2. The first kappa shape index (κ1) is 30.0. The Morgan fingerprint density at radius 1 is 1.25 bits per heavy atom. The molecule has 2 atom stereocenters. The molecule has 218 valence electrons. The molecule has 11 heteroatoms. The van der Waals surface area contributed by atoms with Gasteiger partial charge < -0.3 is 9.47 Å². The summed E-state index contributed by atoms with van der Waals surface area (Å²) in [5.74, 6) is 0.133. The molecule has 0 saturated carbocycles. The van der Waals surface area contributed by atoms with Gasteiger partial charge in [0.25, 0.3) is 0 Å². The van der Waals surface area contributed by atoms with E-state index >= 15 is 0 Å². The molecular formula is C29H41N5O5S. The molecule has 2 N–H and O–H groups in total. The van der Waals surface area contributed by atoms with Crippen LogP contribution in [0.5, 0.6) is 5.75 Å². The number of fused-ring (bicyclic) bond motifs is 1. The lowest BCUT2D eigenvalue weighted by Crippen LogP contribution is -2.34. The molecule has 0 aliphatic carbocycles. The van der Waals surface area contributed by atoms with E-state index in [2.05, 4.69) is 28.3 Å². The maximum atomic E-state index is 12.6. The molecule has 3 heterocycles. The van der Waals surface area contributed by atoms with E-state index in [1.54, 1.807) is 16.6 Å². The molecule has 0 spiro atoms. The highest BCUT2D eigenvalue weighted by molar-refractivity contribution is 8.22. The highest BCUT2D eigenvalue weighted by Crippen LogP contribution is 2.57. The van der Waals surface area contributed by atoms with E-state index in [1.165, 1.54) is 6.20 Å². The lowest BCUT2D eigenvalue weighted by atomic mass is 9.88. The topological polar surface area (TPSA) is 123 Å². The standard InChI is InChI=1S/C29H41N5O5S/c1-5-14-33-19-25(31-32-33)11-10-23(16-29(35)38-7-3)22-9-8-21(4)24(15-22)18-34-20-26(6-2)39-27-12-13-30-17-28(27)40(34,36)37/h8-9,12-13,15,17,19,23,26,36-37H,5-7,10-11,14,16,18,20H2,1-4H3/t23?,26-/m1/s1. The van der Waals surface area contributed by atoms with Crippen molar-refractivity contribution in [2.45, 2.75) is 89.8 Å². The van der Waals surface area contributed by atoms with Gasteiger partial charge in [0.15, 0.2) is 0 Å². The molecule has 0 radical (unpaired) electrons. The smallest absolute Gasteiger partial charge is 0.306 e. The summed E-state index contributed by atoms with van der Waals surface area (Å²) >= 11 is 0. The minimum atomic E-state index is -3.33. The van der Waals surface area contributed by atoms with E-state index in [-0.39, 0.29) is 24.4 Å². The van der Waals surface area contributed by atoms with Gasteiger partial charge in [-0.1, -0.05) is 37.3 Å². The van der Waals surface area contributed by atoms with E-state index in [9.17, 15) is 13.9 Å². The fraction of sp³-hybridized carbons (Fsp3) is 0.517. The number of hydrogen-bond acceptors (Lipinski definition) is 9. The maximum absolute atomic E-state index is 12.6. The number of pyridine rings is 1. The van der Waals surface area contributed by atoms with Crippen LogP contribution < -0.4 is 4.74 Å². The number of esters is 1. The van der Waals surface area contributed by atoms with Crippen molar-refractivity contribution in [3.63, 3.8) is 0 Å². The van der Waals surface area contributed by atoms with Crippen molar-refractivity contribution in [1.29, 1.82) is 0 Å². The summed E-state index contributed by atoms with van der Waals surface area (Å²) in [6, 6.07) is 7.85. The van der Waals surface area contributed by atoms with Crippen LogP contribution in [0, 0.1) is 6.92 Å². The van der Waals surface area contributed by atoms with Gasteiger partial charge in [-0.2, -0.15) is 4.31 Å². The molecule has 0 amide bonds. The first-order valence-electron chi connectivity index (χ1n) is 14.0. The van der Waals surface area contributed by atoms with Gasteiger partial charge in [0.2, 0.25) is 0 Å². The van der Waals surface area contributed by atoms with Crippen LogP contribution in [0.4, 0.5) is 0 Å². The molecule has 40 heavy (non-hydrogen) atoms. The van der Waals surface area contributed by atoms with Gasteiger partial charge in [0.1, 0.15) is 16.7 Å². The fourth-order valence-electron chi connectivity index (χ4n) is 4.95. The van der Waals surface area contributed by atoms with Crippen LogP contribution in [-0.4, -0.2) is 58.6 Å². The minimum Gasteiger partial charge on any atom is -0.487 e. The van der Waals surface area contributed by atoms with Crippen molar-refractivity contribution in [2.75, 3.05) is 13.2 Å². The first-order valence-corrected chi connectivity index (χ1v) is 15.5. The van der Waals surface area contributed by atoms with Crippen LogP contribution in [-0.2, 0) is 29.0 Å². The van der Waals surface area contributed by atoms with Crippen molar-refractivity contribution in [2.24, 2.45) is 0 Å². The number of nitrogens with zero attached hydrogens (tertiary/aromatic N) is 5. The lowest BCUT2D eigenvalue weighted by molar-refractivity contribution is -0.143. The summed E-state index contributed by atoms with van der Waals surface area (Å²) in [4.78, 5) is 17.0. The molecule has 0 fully saturated rings. The minimum absolute atomic E-state index is 0.0872. The SMILES string of the molecule is CCCn1cc(CCC(CC(=O)OCC)c2ccc(C)c(CN3C[C@@H](CC)Oc4ccncc4S3(O)O)c2)nn1. The van der Waals surface area contributed by atoms with Crippen molar-refractivity contribution >= 4 is 16.7 Å². The van der Waals surface area contributed by atoms with Crippen LogP contribution in [0.15, 0.2) is 47.8 Å². The average Bonchev–Trinajstić information content (AvgIpc) is 3.35. The van der Waals surface area contributed by atoms with Crippen LogP contribution in [0.3, 0.4) is 0 Å². The van der Waals surface area contributed by atoms with Crippen LogP contribution in [0.1, 0.15) is 74.8 Å². The predicted molar refractivity (Wildman–Crippen MR) is 154 cm³/mol. The van der Waals surface area contributed by atoms with Crippen molar-refractivity contribution in [1.82, 2.24) is 24.3 Å². The number of aromatic nitrogens is 4. The van der Waals surface area contributed by atoms with Gasteiger partial charge in [-0.05, 0) is 62.1 Å². The second-order valence-corrected chi connectivity index (χ2v) is 12.2. The summed E-state index contributed by atoms with van der Waals surface area (Å²) in [6.07, 6.45) is 8.18. The van der Waals surface area contributed by atoms with Crippen molar-refractivity contribution in [3.8, 4) is 5.75 Å². The fourth-order valence-corrected chi connectivity index (χ4v) is 6.51. The highest BCUT2D eigenvalue weighted by atomic mass is 32.3. The second kappa shape index (κ2) is 13.6. The molecule has 1 aromatic carbocycles. The quantitative estimate of drug-likeness (QED) is 0.261. The Hall–Kier alpha value is -2.99. The van der Waals surface area contributed by atoms with Crippen molar-refractivity contribution in [3.05, 3.63) is 65.2 Å². The van der Waals surface area contributed by atoms with E-state index < -0.39 is 10.8 Å². The maximum Gasteiger partial charge on any atom is 0.306 e. The summed E-state index contributed by atoms with van der Waals surface area (Å²) in [5.41, 5.74) is 3.89. The number of rotatable bonds is 12. The van der Waals surface area contributed by atoms with Gasteiger partial charge in [-0.25, -0.2) is 0 Å². The molecule has 2 aromatic heterocycles. The number of carbonyl (C=O) groups is 1. The molecule has 10 nitrogen and oxygen atoms in total. The van der Waals surface area contributed by atoms with Crippen LogP contribution in [0.2, 0.25) is 0 Å². The van der Waals surface area contributed by atoms with E-state index in [4.69, 9.17) is 9.47 Å². The molecule has 0 saturated heterocycles. The van der Waals surface area contributed by atoms with Gasteiger partial charge in [0.05, 0.1) is 31.5 Å². The largest absolute Gasteiger partial charge is 0.487 e. The third-order valence-electron chi connectivity index (χ3n) is 7.26. The molecule has 0 bridgehead atoms. The second-order valence-electron chi connectivity index (χ2n) is 10.2. The van der Waals surface area contributed by atoms with Gasteiger partial charge in [-0.15, -0.1) is 15.9 Å². The Kier molecular flexibility index (Phi) is 10.2. The van der Waals surface area contributed by atoms with Gasteiger partial charge in [-0.3, -0.25) is 23.6 Å². The number of aryl methyl sites for hydroxylation is 3. The number of ether oxygens (including phenoxy) is 2. The van der Waals surface area contributed by atoms with E-state index in [0.29, 0.717) is 43.2 Å². The number of benzene rings is 1. The number of carbonyl (C=O) groups excluding carboxylic acids is 1. The van der Waals surface area contributed by atoms with E-state index in [0.717, 1.165) is 41.8 Å². The Morgan fingerprint density at radius 2 is 2.08 bits per heavy atom. The van der Waals surface area contributed by atoms with Crippen LogP contribution in [0.25, 0.3) is 0 Å². The normalized spacial score (nSPS) is 18.3. The highest BCUT2D eigenvalue weighted by Gasteiger charge is 2.35. The van der Waals surface area contributed by atoms with Crippen LogP contribution >= 0.6 is 10.8 Å². The Morgan fingerprint density at radius 3 is 2.83 bits per heavy atom. The van der Waals surface area contributed by atoms with Gasteiger partial charge in [0, 0.05) is 31.5 Å². The molecular weight excluding hydrogens is 530 g/mol. The molecule has 1 aliphatic rings. The Labute approximate surface area is 238 Å². The zero-order chi connectivity index (χ0) is 28.7. The Bertz CT molecular complexity index is 1280. The average molecular weight is 572 g/mol. The summed E-state index contributed by atoms with van der Waals surface area (Å²) in [7, 11) is -3.33. The lowest BCUT2D eigenvalue weighted by Gasteiger charge is -2.41. The predicted octanol–water partition coefficient (Wildman–Crippen LogP) is 5.76. The Balaban J connectivity index is 1.60. The molecule has 4 rings (SSSR count).